The van der Waals surface area contributed by atoms with Gasteiger partial charge in [0.05, 0.1) is 11.4 Å². The van der Waals surface area contributed by atoms with E-state index in [0.29, 0.717) is 0 Å². The van der Waals surface area contributed by atoms with Gasteiger partial charge in [-0.2, -0.15) is 0 Å². The summed E-state index contributed by atoms with van der Waals surface area (Å²) >= 11 is 0. The molecule has 0 unspecified atom stereocenters. The van der Waals surface area contributed by atoms with Gasteiger partial charge in [-0.25, -0.2) is 4.98 Å². The first-order valence-corrected chi connectivity index (χ1v) is 8.28. The molecule has 3 heterocycles. The van der Waals surface area contributed by atoms with E-state index in [0.717, 1.165) is 39.1 Å². The average Bonchev–Trinajstić information content (AvgIpc) is 3.06. The van der Waals surface area contributed by atoms with Crippen LogP contribution in [0.2, 0.25) is 0 Å². The number of fused-ring (bicyclic) bond motifs is 3. The molecule has 0 saturated carbocycles. The first kappa shape index (κ1) is 13.9. The molecule has 0 fully saturated rings. The molecule has 0 amide bonds. The van der Waals surface area contributed by atoms with E-state index in [2.05, 4.69) is 64.6 Å². The standard InChI is InChI=1S/C22H15N3/c1-2-10-21-17(8-1)18-11-12-20(24-22(18)25-21)16-7-5-6-15(14-16)19-9-3-4-13-23-19/h1-14H,(H,24,25). The number of hydrogen-bond acceptors (Lipinski definition) is 2. The lowest BCUT2D eigenvalue weighted by atomic mass is 10.0. The van der Waals surface area contributed by atoms with Crippen LogP contribution in [0, 0.1) is 0 Å². The van der Waals surface area contributed by atoms with Crippen molar-refractivity contribution in [2.45, 2.75) is 0 Å². The van der Waals surface area contributed by atoms with E-state index >= 15 is 0 Å². The second-order valence-corrected chi connectivity index (χ2v) is 6.06. The number of benzene rings is 2. The molecule has 0 bridgehead atoms. The van der Waals surface area contributed by atoms with Gasteiger partial charge in [0.25, 0.3) is 0 Å². The van der Waals surface area contributed by atoms with Crippen LogP contribution >= 0.6 is 0 Å². The maximum atomic E-state index is 4.84. The van der Waals surface area contributed by atoms with Gasteiger partial charge in [0, 0.05) is 33.6 Å². The summed E-state index contributed by atoms with van der Waals surface area (Å²) in [6.07, 6.45) is 1.82. The van der Waals surface area contributed by atoms with Crippen LogP contribution in [-0.4, -0.2) is 15.0 Å². The number of hydrogen-bond donors (Lipinski definition) is 1. The average molecular weight is 321 g/mol. The highest BCUT2D eigenvalue weighted by atomic mass is 14.9. The number of rotatable bonds is 2. The maximum Gasteiger partial charge on any atom is 0.139 e. The molecule has 0 aliphatic carbocycles. The van der Waals surface area contributed by atoms with Crippen LogP contribution in [0.5, 0.6) is 0 Å². The summed E-state index contributed by atoms with van der Waals surface area (Å²) in [6, 6.07) is 26.8. The monoisotopic (exact) mass is 321 g/mol. The molecule has 5 aromatic rings. The van der Waals surface area contributed by atoms with E-state index in [1.54, 1.807) is 0 Å². The van der Waals surface area contributed by atoms with Crippen molar-refractivity contribution in [1.29, 1.82) is 0 Å². The molecule has 0 atom stereocenters. The van der Waals surface area contributed by atoms with Gasteiger partial charge in [-0.1, -0.05) is 42.5 Å². The Hall–Kier alpha value is -3.46. The SMILES string of the molecule is c1ccc(-c2cccc(-c3ccc4c(n3)[nH]c3ccccc34)c2)nc1. The quantitative estimate of drug-likeness (QED) is 0.470. The topological polar surface area (TPSA) is 41.6 Å². The fourth-order valence-electron chi connectivity index (χ4n) is 3.26. The van der Waals surface area contributed by atoms with Crippen LogP contribution in [0.3, 0.4) is 0 Å². The van der Waals surface area contributed by atoms with Crippen molar-refractivity contribution in [3.63, 3.8) is 0 Å². The fraction of sp³-hybridized carbons (Fsp3) is 0. The molecular formula is C22H15N3. The summed E-state index contributed by atoms with van der Waals surface area (Å²) < 4.78 is 0. The highest BCUT2D eigenvalue weighted by molar-refractivity contribution is 6.06. The normalized spacial score (nSPS) is 11.2. The Kier molecular flexibility index (Phi) is 3.10. The molecular weight excluding hydrogens is 306 g/mol. The van der Waals surface area contributed by atoms with E-state index in [9.17, 15) is 0 Å². The third-order valence-electron chi connectivity index (χ3n) is 4.48. The van der Waals surface area contributed by atoms with Gasteiger partial charge in [0.1, 0.15) is 5.65 Å². The fourth-order valence-corrected chi connectivity index (χ4v) is 3.26. The number of nitrogens with one attached hydrogen (secondary N) is 1. The van der Waals surface area contributed by atoms with Crippen molar-refractivity contribution in [2.24, 2.45) is 0 Å². The number of pyridine rings is 2. The molecule has 0 saturated heterocycles. The molecule has 5 rings (SSSR count). The van der Waals surface area contributed by atoms with Crippen LogP contribution in [0.4, 0.5) is 0 Å². The minimum Gasteiger partial charge on any atom is -0.339 e. The predicted octanol–water partition coefficient (Wildman–Crippen LogP) is 5.45. The van der Waals surface area contributed by atoms with Gasteiger partial charge >= 0.3 is 0 Å². The lowest BCUT2D eigenvalue weighted by molar-refractivity contribution is 1.32. The van der Waals surface area contributed by atoms with Crippen molar-refractivity contribution in [1.82, 2.24) is 15.0 Å². The van der Waals surface area contributed by atoms with Crippen molar-refractivity contribution in [2.75, 3.05) is 0 Å². The van der Waals surface area contributed by atoms with Gasteiger partial charge in [-0.15, -0.1) is 0 Å². The van der Waals surface area contributed by atoms with Crippen molar-refractivity contribution in [3.05, 3.63) is 85.1 Å². The summed E-state index contributed by atoms with van der Waals surface area (Å²) in [4.78, 5) is 12.7. The molecule has 0 aliphatic rings. The van der Waals surface area contributed by atoms with Gasteiger partial charge in [-0.3, -0.25) is 4.98 Å². The molecule has 3 aromatic heterocycles. The summed E-state index contributed by atoms with van der Waals surface area (Å²) in [5, 5.41) is 2.36. The first-order chi connectivity index (χ1) is 12.4. The van der Waals surface area contributed by atoms with E-state index in [1.807, 2.05) is 30.5 Å². The summed E-state index contributed by atoms with van der Waals surface area (Å²) in [7, 11) is 0. The molecule has 3 heteroatoms. The molecule has 2 aromatic carbocycles. The van der Waals surface area contributed by atoms with E-state index in [4.69, 9.17) is 4.98 Å². The van der Waals surface area contributed by atoms with Gasteiger partial charge in [0.2, 0.25) is 0 Å². The number of aromatic nitrogens is 3. The minimum atomic E-state index is 0.918. The van der Waals surface area contributed by atoms with Crippen molar-refractivity contribution in [3.8, 4) is 22.5 Å². The highest BCUT2D eigenvalue weighted by Crippen LogP contribution is 2.28. The molecule has 0 radical (unpaired) electrons. The lowest BCUT2D eigenvalue weighted by Gasteiger charge is -2.05. The zero-order valence-corrected chi connectivity index (χ0v) is 13.5. The molecule has 0 aliphatic heterocycles. The second kappa shape index (κ2) is 5.56. The Morgan fingerprint density at radius 1 is 0.640 bits per heavy atom. The third-order valence-corrected chi connectivity index (χ3v) is 4.48. The van der Waals surface area contributed by atoms with Gasteiger partial charge in [-0.05, 0) is 36.4 Å². The first-order valence-electron chi connectivity index (χ1n) is 8.28. The number of para-hydroxylation sites is 1. The molecule has 118 valence electrons. The Labute approximate surface area is 145 Å². The number of aromatic amines is 1. The van der Waals surface area contributed by atoms with Crippen LogP contribution < -0.4 is 0 Å². The Morgan fingerprint density at radius 3 is 2.36 bits per heavy atom. The smallest absolute Gasteiger partial charge is 0.139 e. The van der Waals surface area contributed by atoms with Crippen LogP contribution in [-0.2, 0) is 0 Å². The van der Waals surface area contributed by atoms with Crippen LogP contribution in [0.1, 0.15) is 0 Å². The Morgan fingerprint density at radius 2 is 1.48 bits per heavy atom. The van der Waals surface area contributed by atoms with Gasteiger partial charge in [0.15, 0.2) is 0 Å². The van der Waals surface area contributed by atoms with Crippen LogP contribution in [0.25, 0.3) is 44.5 Å². The number of H-pyrrole nitrogens is 1. The summed E-state index contributed by atoms with van der Waals surface area (Å²) in [5.41, 5.74) is 6.14. The summed E-state index contributed by atoms with van der Waals surface area (Å²) in [5.74, 6) is 0. The Balaban J connectivity index is 1.64. The molecule has 0 spiro atoms. The zero-order chi connectivity index (χ0) is 16.6. The lowest BCUT2D eigenvalue weighted by Crippen LogP contribution is -1.87. The molecule has 25 heavy (non-hydrogen) atoms. The zero-order valence-electron chi connectivity index (χ0n) is 13.5. The summed E-state index contributed by atoms with van der Waals surface area (Å²) in [6.45, 7) is 0. The van der Waals surface area contributed by atoms with Gasteiger partial charge < -0.3 is 4.98 Å². The van der Waals surface area contributed by atoms with E-state index in [1.165, 1.54) is 5.39 Å². The largest absolute Gasteiger partial charge is 0.339 e. The van der Waals surface area contributed by atoms with Crippen molar-refractivity contribution >= 4 is 21.9 Å². The predicted molar refractivity (Wildman–Crippen MR) is 102 cm³/mol. The molecule has 1 N–H and O–H groups in total. The number of nitrogens with zero attached hydrogens (tertiary/aromatic N) is 2. The van der Waals surface area contributed by atoms with Crippen LogP contribution in [0.15, 0.2) is 85.1 Å². The molecule has 3 nitrogen and oxygen atoms in total. The third kappa shape index (κ3) is 2.37. The second-order valence-electron chi connectivity index (χ2n) is 6.06. The maximum absolute atomic E-state index is 4.84. The van der Waals surface area contributed by atoms with E-state index < -0.39 is 0 Å². The van der Waals surface area contributed by atoms with E-state index in [-0.39, 0.29) is 0 Å². The minimum absolute atomic E-state index is 0.918. The Bertz CT molecular complexity index is 1190. The highest BCUT2D eigenvalue weighted by Gasteiger charge is 2.08. The van der Waals surface area contributed by atoms with Crippen molar-refractivity contribution < 1.29 is 0 Å².